The number of imidazole rings is 1. The van der Waals surface area contributed by atoms with Crippen molar-refractivity contribution in [3.8, 4) is 5.69 Å². The summed E-state index contributed by atoms with van der Waals surface area (Å²) in [6.07, 6.45) is 0. The molecule has 4 nitrogen and oxygen atoms in total. The van der Waals surface area contributed by atoms with Crippen LogP contribution in [0.15, 0.2) is 30.3 Å². The highest BCUT2D eigenvalue weighted by molar-refractivity contribution is 6.31. The van der Waals surface area contributed by atoms with E-state index in [-0.39, 0.29) is 0 Å². The van der Waals surface area contributed by atoms with Crippen molar-refractivity contribution < 1.29 is 0 Å². The first-order valence-corrected chi connectivity index (χ1v) is 6.32. The number of pyridine rings is 1. The van der Waals surface area contributed by atoms with Gasteiger partial charge in [0, 0.05) is 10.7 Å². The minimum Gasteiger partial charge on any atom is -0.369 e. The summed E-state index contributed by atoms with van der Waals surface area (Å²) in [6.45, 7) is 3.90. The second-order valence-electron chi connectivity index (χ2n) is 4.53. The molecule has 0 aliphatic heterocycles. The fourth-order valence-corrected chi connectivity index (χ4v) is 2.22. The second kappa shape index (κ2) is 4.24. The van der Waals surface area contributed by atoms with Gasteiger partial charge in [-0.1, -0.05) is 17.7 Å². The second-order valence-corrected chi connectivity index (χ2v) is 4.94. The molecule has 0 amide bonds. The van der Waals surface area contributed by atoms with Crippen LogP contribution in [0.25, 0.3) is 16.9 Å². The Morgan fingerprint density at radius 3 is 2.63 bits per heavy atom. The van der Waals surface area contributed by atoms with Crippen molar-refractivity contribution in [2.75, 3.05) is 5.73 Å². The Morgan fingerprint density at radius 2 is 1.89 bits per heavy atom. The van der Waals surface area contributed by atoms with Crippen LogP contribution in [0.1, 0.15) is 11.3 Å². The summed E-state index contributed by atoms with van der Waals surface area (Å²) in [5.74, 6) is 0.410. The third-order valence-electron chi connectivity index (χ3n) is 3.08. The summed E-state index contributed by atoms with van der Waals surface area (Å²) in [7, 11) is 0. The number of nitrogens with zero attached hydrogens (tertiary/aromatic N) is 3. The number of benzene rings is 1. The molecule has 0 spiro atoms. The number of rotatable bonds is 1. The summed E-state index contributed by atoms with van der Waals surface area (Å²) in [4.78, 5) is 8.82. The summed E-state index contributed by atoms with van der Waals surface area (Å²) in [5.41, 5.74) is 10.3. The molecule has 0 aliphatic carbocycles. The van der Waals surface area contributed by atoms with E-state index in [1.807, 2.05) is 48.7 Å². The average Bonchev–Trinajstić information content (AvgIpc) is 2.68. The maximum absolute atomic E-state index is 6.17. The number of nitrogen functional groups attached to an aromatic ring is 1. The predicted octanol–water partition coefficient (Wildman–Crippen LogP) is 3.27. The fourth-order valence-electron chi connectivity index (χ4n) is 2.04. The molecule has 3 aromatic rings. The number of fused-ring (bicyclic) bond motifs is 1. The van der Waals surface area contributed by atoms with Gasteiger partial charge in [-0.25, -0.2) is 9.97 Å². The van der Waals surface area contributed by atoms with Gasteiger partial charge in [-0.3, -0.25) is 4.57 Å². The smallest absolute Gasteiger partial charge is 0.207 e. The molecule has 0 bridgehead atoms. The van der Waals surface area contributed by atoms with Gasteiger partial charge < -0.3 is 5.73 Å². The normalized spacial score (nSPS) is 11.1. The van der Waals surface area contributed by atoms with Crippen molar-refractivity contribution in [1.82, 2.24) is 14.5 Å². The number of hydrogen-bond donors (Lipinski definition) is 1. The van der Waals surface area contributed by atoms with E-state index in [1.54, 1.807) is 0 Å². The van der Waals surface area contributed by atoms with E-state index in [0.29, 0.717) is 11.0 Å². The molecule has 19 heavy (non-hydrogen) atoms. The maximum atomic E-state index is 6.17. The molecule has 2 N–H and O–H groups in total. The lowest BCUT2D eigenvalue weighted by Gasteiger charge is -2.07. The van der Waals surface area contributed by atoms with Gasteiger partial charge in [-0.05, 0) is 43.7 Å². The molecule has 1 aromatic carbocycles. The van der Waals surface area contributed by atoms with Gasteiger partial charge in [0.1, 0.15) is 5.52 Å². The monoisotopic (exact) mass is 272 g/mol. The minimum absolute atomic E-state index is 0.410. The molecular formula is C14H13ClN4. The molecule has 0 saturated carbocycles. The van der Waals surface area contributed by atoms with Crippen LogP contribution in [0.5, 0.6) is 0 Å². The van der Waals surface area contributed by atoms with Gasteiger partial charge in [0.05, 0.1) is 5.69 Å². The largest absolute Gasteiger partial charge is 0.369 e. The van der Waals surface area contributed by atoms with Crippen molar-refractivity contribution in [2.45, 2.75) is 13.8 Å². The lowest BCUT2D eigenvalue weighted by atomic mass is 10.2. The molecule has 0 aliphatic rings. The highest BCUT2D eigenvalue weighted by atomic mass is 35.5. The Balaban J connectivity index is 2.31. The van der Waals surface area contributed by atoms with Gasteiger partial charge in [-0.2, -0.15) is 0 Å². The average molecular weight is 273 g/mol. The van der Waals surface area contributed by atoms with Crippen LogP contribution in [-0.4, -0.2) is 14.5 Å². The molecule has 2 aromatic heterocycles. The maximum Gasteiger partial charge on any atom is 0.207 e. The van der Waals surface area contributed by atoms with Gasteiger partial charge in [0.15, 0.2) is 5.65 Å². The van der Waals surface area contributed by atoms with Gasteiger partial charge >= 0.3 is 0 Å². The highest BCUT2D eigenvalue weighted by Crippen LogP contribution is 2.25. The molecule has 2 heterocycles. The topological polar surface area (TPSA) is 56.7 Å². The number of anilines is 1. The molecule has 5 heteroatoms. The van der Waals surface area contributed by atoms with Crippen molar-refractivity contribution in [3.63, 3.8) is 0 Å². The summed E-state index contributed by atoms with van der Waals surface area (Å²) < 4.78 is 1.81. The summed E-state index contributed by atoms with van der Waals surface area (Å²) in [5, 5.41) is 0.700. The Hall–Kier alpha value is -2.07. The van der Waals surface area contributed by atoms with E-state index in [9.17, 15) is 0 Å². The number of aromatic nitrogens is 3. The Bertz CT molecular complexity index is 776. The predicted molar refractivity (Wildman–Crippen MR) is 77.8 cm³/mol. The van der Waals surface area contributed by atoms with E-state index >= 15 is 0 Å². The number of hydrogen-bond acceptors (Lipinski definition) is 3. The summed E-state index contributed by atoms with van der Waals surface area (Å²) in [6, 6.07) is 9.63. The van der Waals surface area contributed by atoms with Gasteiger partial charge in [-0.15, -0.1) is 0 Å². The van der Waals surface area contributed by atoms with Crippen molar-refractivity contribution in [1.29, 1.82) is 0 Å². The van der Waals surface area contributed by atoms with E-state index in [2.05, 4.69) is 9.97 Å². The van der Waals surface area contributed by atoms with E-state index < -0.39 is 0 Å². The Labute approximate surface area is 115 Å². The van der Waals surface area contributed by atoms with Crippen LogP contribution in [0, 0.1) is 13.8 Å². The van der Waals surface area contributed by atoms with Crippen LogP contribution in [0.3, 0.4) is 0 Å². The lowest BCUT2D eigenvalue weighted by molar-refractivity contribution is 1.07. The molecule has 0 radical (unpaired) electrons. The quantitative estimate of drug-likeness (QED) is 0.740. The first kappa shape index (κ1) is 12.0. The van der Waals surface area contributed by atoms with Crippen molar-refractivity contribution in [3.05, 3.63) is 46.6 Å². The van der Waals surface area contributed by atoms with Gasteiger partial charge in [0.25, 0.3) is 0 Å². The summed E-state index contributed by atoms with van der Waals surface area (Å²) >= 11 is 6.17. The zero-order valence-corrected chi connectivity index (χ0v) is 11.4. The molecule has 0 saturated heterocycles. The van der Waals surface area contributed by atoms with Crippen LogP contribution in [0.4, 0.5) is 5.95 Å². The number of nitrogens with two attached hydrogens (primary N) is 1. The molecule has 0 unspecified atom stereocenters. The van der Waals surface area contributed by atoms with Crippen molar-refractivity contribution in [2.24, 2.45) is 0 Å². The standard InChI is InChI=1S/C14H13ClN4/c1-8-3-5-10(7-11(8)15)19-13-12(18-14(19)16)6-4-9(2)17-13/h3-7H,1-2H3,(H2,16,18). The highest BCUT2D eigenvalue weighted by Gasteiger charge is 2.12. The molecular weight excluding hydrogens is 260 g/mol. The third-order valence-corrected chi connectivity index (χ3v) is 3.49. The zero-order chi connectivity index (χ0) is 13.6. The van der Waals surface area contributed by atoms with E-state index in [4.69, 9.17) is 17.3 Å². The molecule has 3 rings (SSSR count). The van der Waals surface area contributed by atoms with Gasteiger partial charge in [0.2, 0.25) is 5.95 Å². The van der Waals surface area contributed by atoms with Crippen LogP contribution < -0.4 is 5.73 Å². The van der Waals surface area contributed by atoms with Crippen LogP contribution in [-0.2, 0) is 0 Å². The first-order chi connectivity index (χ1) is 9.06. The Morgan fingerprint density at radius 1 is 1.11 bits per heavy atom. The van der Waals surface area contributed by atoms with Crippen molar-refractivity contribution >= 4 is 28.7 Å². The molecule has 0 atom stereocenters. The SMILES string of the molecule is Cc1ccc2nc(N)n(-c3ccc(C)c(Cl)c3)c2n1. The molecule has 0 fully saturated rings. The first-order valence-electron chi connectivity index (χ1n) is 5.94. The zero-order valence-electron chi connectivity index (χ0n) is 10.7. The Kier molecular flexibility index (Phi) is 2.68. The lowest BCUT2D eigenvalue weighted by Crippen LogP contribution is -2.02. The third kappa shape index (κ3) is 1.94. The van der Waals surface area contributed by atoms with Crippen LogP contribution >= 0.6 is 11.6 Å². The van der Waals surface area contributed by atoms with E-state index in [1.165, 1.54) is 0 Å². The number of halogens is 1. The van der Waals surface area contributed by atoms with E-state index in [0.717, 1.165) is 28.1 Å². The van der Waals surface area contributed by atoms with Crippen LogP contribution in [0.2, 0.25) is 5.02 Å². The number of aryl methyl sites for hydroxylation is 2. The minimum atomic E-state index is 0.410. The molecule has 96 valence electrons. The fraction of sp³-hybridized carbons (Fsp3) is 0.143.